The fourth-order valence-electron chi connectivity index (χ4n) is 1.73. The van der Waals surface area contributed by atoms with Crippen molar-refractivity contribution in [3.63, 3.8) is 0 Å². The first kappa shape index (κ1) is 13.7. The summed E-state index contributed by atoms with van der Waals surface area (Å²) in [7, 11) is 0. The van der Waals surface area contributed by atoms with Crippen LogP contribution in [0.5, 0.6) is 0 Å². The lowest BCUT2D eigenvalue weighted by Crippen LogP contribution is -2.09. The van der Waals surface area contributed by atoms with E-state index in [1.807, 2.05) is 13.0 Å². The van der Waals surface area contributed by atoms with Crippen molar-refractivity contribution in [3.8, 4) is 6.07 Å². The Labute approximate surface area is 110 Å². The molecule has 1 rings (SSSR count). The number of halogens is 1. The van der Waals surface area contributed by atoms with Crippen molar-refractivity contribution in [3.05, 3.63) is 34.4 Å². The minimum absolute atomic E-state index is 0.311. The van der Waals surface area contributed by atoms with E-state index in [0.717, 1.165) is 17.5 Å². The minimum atomic E-state index is -0.431. The molecule has 1 aromatic carbocycles. The smallest absolute Gasteiger partial charge is 0.339 e. The SMILES string of the molecule is CCOC(=O)c1ccc(CBr)c(CC)c1C#N. The van der Waals surface area contributed by atoms with Crippen LogP contribution in [0.3, 0.4) is 0 Å². The summed E-state index contributed by atoms with van der Waals surface area (Å²) in [4.78, 5) is 11.7. The maximum absolute atomic E-state index is 11.7. The van der Waals surface area contributed by atoms with Gasteiger partial charge in [0, 0.05) is 5.33 Å². The van der Waals surface area contributed by atoms with E-state index < -0.39 is 5.97 Å². The number of alkyl halides is 1. The molecule has 0 bridgehead atoms. The molecule has 0 aliphatic carbocycles. The molecule has 0 heterocycles. The molecule has 0 aliphatic heterocycles. The van der Waals surface area contributed by atoms with E-state index in [1.54, 1.807) is 13.0 Å². The van der Waals surface area contributed by atoms with Gasteiger partial charge < -0.3 is 4.74 Å². The summed E-state index contributed by atoms with van der Waals surface area (Å²) in [5, 5.41) is 9.87. The quantitative estimate of drug-likeness (QED) is 0.633. The number of ether oxygens (including phenoxy) is 1. The van der Waals surface area contributed by atoms with Gasteiger partial charge in [-0.3, -0.25) is 0 Å². The molecule has 0 fully saturated rings. The maximum atomic E-state index is 11.7. The lowest BCUT2D eigenvalue weighted by atomic mass is 9.95. The van der Waals surface area contributed by atoms with Crippen LogP contribution in [0.4, 0.5) is 0 Å². The summed E-state index contributed by atoms with van der Waals surface area (Å²) < 4.78 is 4.94. The molecule has 0 saturated carbocycles. The van der Waals surface area contributed by atoms with Crippen molar-refractivity contribution >= 4 is 21.9 Å². The van der Waals surface area contributed by atoms with Gasteiger partial charge in [-0.25, -0.2) is 4.79 Å². The lowest BCUT2D eigenvalue weighted by molar-refractivity contribution is 0.0526. The Kier molecular flexibility index (Phi) is 5.17. The van der Waals surface area contributed by atoms with Gasteiger partial charge in [-0.1, -0.05) is 28.9 Å². The number of carbonyl (C=O) groups is 1. The fraction of sp³-hybridized carbons (Fsp3) is 0.385. The van der Waals surface area contributed by atoms with Gasteiger partial charge in [-0.15, -0.1) is 0 Å². The topological polar surface area (TPSA) is 50.1 Å². The molecule has 1 aromatic rings. The number of esters is 1. The van der Waals surface area contributed by atoms with Crippen molar-refractivity contribution < 1.29 is 9.53 Å². The summed E-state index contributed by atoms with van der Waals surface area (Å²) in [6.07, 6.45) is 0.719. The van der Waals surface area contributed by atoms with Crippen LogP contribution in [0, 0.1) is 11.3 Å². The van der Waals surface area contributed by atoms with Crippen LogP contribution < -0.4 is 0 Å². The highest BCUT2D eigenvalue weighted by Crippen LogP contribution is 2.22. The average molecular weight is 296 g/mol. The van der Waals surface area contributed by atoms with Gasteiger partial charge in [0.05, 0.1) is 17.7 Å². The standard InChI is InChI=1S/C13H14BrNO2/c1-3-10-9(7-14)5-6-11(12(10)8-15)13(16)17-4-2/h5-6H,3-4,7H2,1-2H3. The molecule has 17 heavy (non-hydrogen) atoms. The molecule has 0 N–H and O–H groups in total. The largest absolute Gasteiger partial charge is 0.462 e. The molecule has 90 valence electrons. The summed E-state index contributed by atoms with van der Waals surface area (Å²) in [5.41, 5.74) is 2.74. The number of hydrogen-bond acceptors (Lipinski definition) is 3. The fourth-order valence-corrected chi connectivity index (χ4v) is 2.25. The van der Waals surface area contributed by atoms with E-state index in [9.17, 15) is 10.1 Å². The summed E-state index contributed by atoms with van der Waals surface area (Å²) in [6.45, 7) is 4.03. The average Bonchev–Trinajstić information content (AvgIpc) is 2.36. The lowest BCUT2D eigenvalue weighted by Gasteiger charge is -2.11. The van der Waals surface area contributed by atoms with Crippen molar-refractivity contribution in [1.29, 1.82) is 5.26 Å². The predicted octanol–water partition coefficient (Wildman–Crippen LogP) is 3.19. The zero-order valence-corrected chi connectivity index (χ0v) is 11.5. The maximum Gasteiger partial charge on any atom is 0.339 e. The van der Waals surface area contributed by atoms with Gasteiger partial charge in [-0.05, 0) is 30.5 Å². The van der Waals surface area contributed by atoms with Gasteiger partial charge in [-0.2, -0.15) is 5.26 Å². The van der Waals surface area contributed by atoms with Crippen molar-refractivity contribution in [2.24, 2.45) is 0 Å². The highest BCUT2D eigenvalue weighted by molar-refractivity contribution is 9.08. The Morgan fingerprint density at radius 1 is 1.47 bits per heavy atom. The van der Waals surface area contributed by atoms with Crippen LogP contribution in [0.2, 0.25) is 0 Å². The van der Waals surface area contributed by atoms with Gasteiger partial charge in [0.1, 0.15) is 6.07 Å². The van der Waals surface area contributed by atoms with Crippen LogP contribution >= 0.6 is 15.9 Å². The van der Waals surface area contributed by atoms with E-state index in [1.165, 1.54) is 0 Å². The first-order chi connectivity index (χ1) is 8.19. The molecule has 0 atom stereocenters. The molecule has 0 unspecified atom stereocenters. The second kappa shape index (κ2) is 6.41. The highest BCUT2D eigenvalue weighted by atomic mass is 79.9. The Hall–Kier alpha value is -1.34. The number of nitrogens with zero attached hydrogens (tertiary/aromatic N) is 1. The number of benzene rings is 1. The third-order valence-electron chi connectivity index (χ3n) is 2.51. The summed E-state index contributed by atoms with van der Waals surface area (Å²) in [6, 6.07) is 5.63. The second-order valence-corrected chi connectivity index (χ2v) is 4.01. The van der Waals surface area contributed by atoms with Crippen molar-refractivity contribution in [1.82, 2.24) is 0 Å². The normalized spacial score (nSPS) is 9.76. The molecule has 0 saturated heterocycles. The van der Waals surface area contributed by atoms with E-state index in [-0.39, 0.29) is 0 Å². The Bertz CT molecular complexity index is 463. The molecular formula is C13H14BrNO2. The third-order valence-corrected chi connectivity index (χ3v) is 3.12. The molecule has 0 aromatic heterocycles. The van der Waals surface area contributed by atoms with Gasteiger partial charge in [0.25, 0.3) is 0 Å². The first-order valence-corrected chi connectivity index (χ1v) is 6.59. The van der Waals surface area contributed by atoms with E-state index in [0.29, 0.717) is 23.1 Å². The molecule has 0 amide bonds. The van der Waals surface area contributed by atoms with E-state index in [4.69, 9.17) is 4.74 Å². The van der Waals surface area contributed by atoms with Crippen LogP contribution in [0.15, 0.2) is 12.1 Å². The van der Waals surface area contributed by atoms with Crippen molar-refractivity contribution in [2.45, 2.75) is 25.6 Å². The summed E-state index contributed by atoms with van der Waals surface area (Å²) in [5.74, 6) is -0.431. The number of carbonyl (C=O) groups excluding carboxylic acids is 1. The molecule has 0 spiro atoms. The van der Waals surface area contributed by atoms with Gasteiger partial charge in [0.2, 0.25) is 0 Å². The second-order valence-electron chi connectivity index (χ2n) is 3.45. The zero-order chi connectivity index (χ0) is 12.8. The van der Waals surface area contributed by atoms with Crippen LogP contribution in [0.25, 0.3) is 0 Å². The molecule has 4 heteroatoms. The van der Waals surface area contributed by atoms with Crippen LogP contribution in [-0.4, -0.2) is 12.6 Å². The first-order valence-electron chi connectivity index (χ1n) is 5.47. The molecule has 0 radical (unpaired) electrons. The van der Waals surface area contributed by atoms with Crippen LogP contribution in [0.1, 0.15) is 40.9 Å². The number of rotatable bonds is 4. The van der Waals surface area contributed by atoms with Gasteiger partial charge in [0.15, 0.2) is 0 Å². The molecule has 3 nitrogen and oxygen atoms in total. The predicted molar refractivity (Wildman–Crippen MR) is 69.1 cm³/mol. The highest BCUT2D eigenvalue weighted by Gasteiger charge is 2.17. The summed E-state index contributed by atoms with van der Waals surface area (Å²) >= 11 is 3.38. The zero-order valence-electron chi connectivity index (χ0n) is 9.92. The third kappa shape index (κ3) is 2.86. The molecule has 0 aliphatic rings. The monoisotopic (exact) mass is 295 g/mol. The Morgan fingerprint density at radius 2 is 2.18 bits per heavy atom. The van der Waals surface area contributed by atoms with Crippen LogP contribution in [-0.2, 0) is 16.5 Å². The Balaban J connectivity index is 3.34. The van der Waals surface area contributed by atoms with Crippen molar-refractivity contribution in [2.75, 3.05) is 6.61 Å². The number of nitriles is 1. The van der Waals surface area contributed by atoms with E-state index in [2.05, 4.69) is 22.0 Å². The van der Waals surface area contributed by atoms with E-state index >= 15 is 0 Å². The Morgan fingerprint density at radius 3 is 2.65 bits per heavy atom. The number of hydrogen-bond donors (Lipinski definition) is 0. The molecular weight excluding hydrogens is 282 g/mol. The minimum Gasteiger partial charge on any atom is -0.462 e. The van der Waals surface area contributed by atoms with Gasteiger partial charge >= 0.3 is 5.97 Å².